The molecule has 0 radical (unpaired) electrons. The molecule has 1 heterocycles. The van der Waals surface area contributed by atoms with Crippen molar-refractivity contribution in [1.29, 1.82) is 0 Å². The molecule has 1 saturated heterocycles. The number of primary amides is 1. The van der Waals surface area contributed by atoms with Crippen molar-refractivity contribution >= 4 is 5.91 Å². The molecule has 4 N–H and O–H groups in total. The third-order valence-electron chi connectivity index (χ3n) is 2.60. The molecule has 0 aromatic carbocycles. The Labute approximate surface area is 90.7 Å². The molecule has 0 aromatic heterocycles. The summed E-state index contributed by atoms with van der Waals surface area (Å²) in [7, 11) is 0. The summed E-state index contributed by atoms with van der Waals surface area (Å²) < 4.78 is 5.35. The van der Waals surface area contributed by atoms with E-state index in [1.54, 1.807) is 6.92 Å². The van der Waals surface area contributed by atoms with Crippen LogP contribution in [0.5, 0.6) is 0 Å². The number of hydrogen-bond acceptors (Lipinski definition) is 4. The van der Waals surface area contributed by atoms with Gasteiger partial charge in [-0.1, -0.05) is 0 Å². The van der Waals surface area contributed by atoms with Crippen molar-refractivity contribution in [3.05, 3.63) is 0 Å². The number of ether oxygens (including phenoxy) is 1. The van der Waals surface area contributed by atoms with E-state index in [2.05, 4.69) is 17.6 Å². The lowest BCUT2D eigenvalue weighted by Crippen LogP contribution is -2.48. The zero-order chi connectivity index (χ0) is 11.3. The van der Waals surface area contributed by atoms with Crippen LogP contribution < -0.4 is 16.4 Å². The maximum Gasteiger partial charge on any atom is 0.234 e. The van der Waals surface area contributed by atoms with E-state index in [0.29, 0.717) is 6.04 Å². The minimum atomic E-state index is -0.310. The summed E-state index contributed by atoms with van der Waals surface area (Å²) in [6.45, 7) is 6.27. The lowest BCUT2D eigenvalue weighted by molar-refractivity contribution is -0.119. The van der Waals surface area contributed by atoms with Gasteiger partial charge >= 0.3 is 0 Å². The first-order valence-electron chi connectivity index (χ1n) is 5.46. The van der Waals surface area contributed by atoms with Gasteiger partial charge in [-0.05, 0) is 20.3 Å². The fraction of sp³-hybridized carbons (Fsp3) is 0.900. The van der Waals surface area contributed by atoms with Gasteiger partial charge in [-0.25, -0.2) is 0 Å². The third kappa shape index (κ3) is 4.59. The highest BCUT2D eigenvalue weighted by atomic mass is 16.5. The molecule has 0 bridgehead atoms. The van der Waals surface area contributed by atoms with Crippen LogP contribution in [0.25, 0.3) is 0 Å². The minimum Gasteiger partial charge on any atom is -0.379 e. The number of rotatable bonds is 5. The Bertz CT molecular complexity index is 205. The molecule has 5 nitrogen and oxygen atoms in total. The maximum atomic E-state index is 10.8. The first-order valence-corrected chi connectivity index (χ1v) is 5.46. The lowest BCUT2D eigenvalue weighted by atomic mass is 10.1. The highest BCUT2D eigenvalue weighted by Gasteiger charge is 2.18. The normalized spacial score (nSPS) is 25.9. The van der Waals surface area contributed by atoms with E-state index in [-0.39, 0.29) is 18.0 Å². The summed E-state index contributed by atoms with van der Waals surface area (Å²) in [4.78, 5) is 10.8. The molecule has 1 aliphatic heterocycles. The Morgan fingerprint density at radius 2 is 2.40 bits per heavy atom. The number of carbonyl (C=O) groups is 1. The topological polar surface area (TPSA) is 76.4 Å². The molecular formula is C10H21N3O2. The largest absolute Gasteiger partial charge is 0.379 e. The molecule has 15 heavy (non-hydrogen) atoms. The van der Waals surface area contributed by atoms with Crippen molar-refractivity contribution < 1.29 is 9.53 Å². The van der Waals surface area contributed by atoms with E-state index >= 15 is 0 Å². The molecule has 3 atom stereocenters. The SMILES string of the molecule is CC(CC1COCCN1)NC(C)C(N)=O. The van der Waals surface area contributed by atoms with Crippen LogP contribution in [-0.2, 0) is 9.53 Å². The molecule has 0 spiro atoms. The molecule has 0 aliphatic carbocycles. The van der Waals surface area contributed by atoms with E-state index in [1.165, 1.54) is 0 Å². The van der Waals surface area contributed by atoms with Crippen LogP contribution in [0.4, 0.5) is 0 Å². The van der Waals surface area contributed by atoms with Gasteiger partial charge in [0, 0.05) is 18.6 Å². The second kappa shape index (κ2) is 6.05. The van der Waals surface area contributed by atoms with Gasteiger partial charge in [-0.2, -0.15) is 0 Å². The molecule has 0 aromatic rings. The number of morpholine rings is 1. The fourth-order valence-corrected chi connectivity index (χ4v) is 1.77. The number of carbonyl (C=O) groups excluding carboxylic acids is 1. The molecule has 5 heteroatoms. The van der Waals surface area contributed by atoms with Crippen molar-refractivity contribution in [3.8, 4) is 0 Å². The fourth-order valence-electron chi connectivity index (χ4n) is 1.77. The van der Waals surface area contributed by atoms with Crippen LogP contribution in [0.1, 0.15) is 20.3 Å². The Morgan fingerprint density at radius 3 is 2.93 bits per heavy atom. The summed E-state index contributed by atoms with van der Waals surface area (Å²) >= 11 is 0. The molecule has 1 rings (SSSR count). The van der Waals surface area contributed by atoms with E-state index in [0.717, 1.165) is 26.2 Å². The summed E-state index contributed by atoms with van der Waals surface area (Å²) in [5.41, 5.74) is 5.18. The molecule has 1 aliphatic rings. The molecule has 1 amide bonds. The quantitative estimate of drug-likeness (QED) is 0.562. The first kappa shape index (κ1) is 12.4. The average Bonchev–Trinajstić information content (AvgIpc) is 2.18. The van der Waals surface area contributed by atoms with E-state index < -0.39 is 0 Å². The van der Waals surface area contributed by atoms with Crippen molar-refractivity contribution in [2.24, 2.45) is 5.73 Å². The summed E-state index contributed by atoms with van der Waals surface area (Å²) in [5, 5.41) is 6.53. The van der Waals surface area contributed by atoms with Gasteiger partial charge in [0.25, 0.3) is 0 Å². The highest BCUT2D eigenvalue weighted by Crippen LogP contribution is 2.03. The van der Waals surface area contributed by atoms with Gasteiger partial charge in [-0.3, -0.25) is 4.79 Å². The van der Waals surface area contributed by atoms with Crippen molar-refractivity contribution in [2.45, 2.75) is 38.4 Å². The molecule has 3 unspecified atom stereocenters. The van der Waals surface area contributed by atoms with Crippen LogP contribution in [0.15, 0.2) is 0 Å². The molecule has 0 saturated carbocycles. The predicted molar refractivity (Wildman–Crippen MR) is 58.5 cm³/mol. The maximum absolute atomic E-state index is 10.8. The lowest BCUT2D eigenvalue weighted by Gasteiger charge is -2.27. The number of nitrogens with two attached hydrogens (primary N) is 1. The summed E-state index contributed by atoms with van der Waals surface area (Å²) in [6.07, 6.45) is 0.942. The van der Waals surface area contributed by atoms with Crippen LogP contribution in [0.3, 0.4) is 0 Å². The number of amides is 1. The van der Waals surface area contributed by atoms with E-state index in [1.807, 2.05) is 0 Å². The Balaban J connectivity index is 2.22. The Kier molecular flexibility index (Phi) is 5.01. The minimum absolute atomic E-state index is 0.256. The monoisotopic (exact) mass is 215 g/mol. The molecule has 88 valence electrons. The van der Waals surface area contributed by atoms with Gasteiger partial charge in [0.1, 0.15) is 0 Å². The van der Waals surface area contributed by atoms with Crippen LogP contribution in [0.2, 0.25) is 0 Å². The highest BCUT2D eigenvalue weighted by molar-refractivity contribution is 5.79. The second-order valence-electron chi connectivity index (χ2n) is 4.15. The van der Waals surface area contributed by atoms with Crippen LogP contribution in [0, 0.1) is 0 Å². The van der Waals surface area contributed by atoms with Gasteiger partial charge in [0.05, 0.1) is 19.3 Å². The predicted octanol–water partition coefficient (Wildman–Crippen LogP) is -0.783. The van der Waals surface area contributed by atoms with Crippen molar-refractivity contribution in [1.82, 2.24) is 10.6 Å². The van der Waals surface area contributed by atoms with Gasteiger partial charge < -0.3 is 21.1 Å². The average molecular weight is 215 g/mol. The Hall–Kier alpha value is -0.650. The molecular weight excluding hydrogens is 194 g/mol. The van der Waals surface area contributed by atoms with Crippen molar-refractivity contribution in [3.63, 3.8) is 0 Å². The third-order valence-corrected chi connectivity index (χ3v) is 2.60. The van der Waals surface area contributed by atoms with Crippen molar-refractivity contribution in [2.75, 3.05) is 19.8 Å². The standard InChI is InChI=1S/C10H21N3O2/c1-7(13-8(2)10(11)14)5-9-6-15-4-3-12-9/h7-9,12-13H,3-6H2,1-2H3,(H2,11,14). The zero-order valence-electron chi connectivity index (χ0n) is 9.45. The van der Waals surface area contributed by atoms with Gasteiger partial charge in [0.15, 0.2) is 0 Å². The zero-order valence-corrected chi connectivity index (χ0v) is 9.45. The van der Waals surface area contributed by atoms with E-state index in [9.17, 15) is 4.79 Å². The number of nitrogens with one attached hydrogen (secondary N) is 2. The first-order chi connectivity index (χ1) is 7.09. The summed E-state index contributed by atoms with van der Waals surface area (Å²) in [6, 6.07) is 0.359. The molecule has 1 fully saturated rings. The number of hydrogen-bond donors (Lipinski definition) is 3. The second-order valence-corrected chi connectivity index (χ2v) is 4.15. The van der Waals surface area contributed by atoms with E-state index in [4.69, 9.17) is 10.5 Å². The van der Waals surface area contributed by atoms with Gasteiger partial charge in [-0.15, -0.1) is 0 Å². The summed E-state index contributed by atoms with van der Waals surface area (Å²) in [5.74, 6) is -0.310. The Morgan fingerprint density at radius 1 is 1.67 bits per heavy atom. The van der Waals surface area contributed by atoms with Crippen LogP contribution in [-0.4, -0.2) is 43.8 Å². The van der Waals surface area contributed by atoms with Gasteiger partial charge in [0.2, 0.25) is 5.91 Å². The smallest absolute Gasteiger partial charge is 0.234 e. The van der Waals surface area contributed by atoms with Crippen LogP contribution >= 0.6 is 0 Å².